The van der Waals surface area contributed by atoms with Crippen LogP contribution >= 0.6 is 0 Å². The predicted molar refractivity (Wildman–Crippen MR) is 69.2 cm³/mol. The molecule has 0 heterocycles. The van der Waals surface area contributed by atoms with E-state index in [1.54, 1.807) is 32.0 Å². The molecular weight excluding hydrogens is 254 g/mol. The van der Waals surface area contributed by atoms with Gasteiger partial charge in [0.05, 0.1) is 10.8 Å². The molecule has 0 saturated carbocycles. The fourth-order valence-electron chi connectivity index (χ4n) is 1.36. The number of rotatable bonds is 6. The van der Waals surface area contributed by atoms with Crippen molar-refractivity contribution in [2.24, 2.45) is 0 Å². The number of hydrogen-bond acceptors (Lipinski definition) is 3. The number of nitrogens with one attached hydrogen (secondary N) is 1. The number of sulfonamides is 1. The third kappa shape index (κ3) is 4.12. The average Bonchev–Trinajstić information content (AvgIpc) is 2.29. The lowest BCUT2D eigenvalue weighted by Gasteiger charge is -2.09. The Hall–Kier alpha value is -1.40. The number of carbonyl (C=O) groups is 1. The van der Waals surface area contributed by atoms with E-state index in [4.69, 9.17) is 5.11 Å². The predicted octanol–water partition coefficient (Wildman–Crippen LogP) is 1.26. The van der Waals surface area contributed by atoms with Crippen molar-refractivity contribution in [2.45, 2.75) is 25.5 Å². The molecule has 0 fully saturated rings. The van der Waals surface area contributed by atoms with E-state index in [0.717, 1.165) is 5.56 Å². The second-order valence-corrected chi connectivity index (χ2v) is 6.57. The molecule has 0 spiro atoms. The third-order valence-corrected chi connectivity index (χ3v) is 4.36. The topological polar surface area (TPSA) is 83.5 Å². The number of carboxylic acid groups (broad SMARTS) is 1. The van der Waals surface area contributed by atoms with E-state index in [-0.39, 0.29) is 12.1 Å². The average molecular weight is 271 g/mol. The molecule has 0 bridgehead atoms. The maximum absolute atomic E-state index is 11.5. The van der Waals surface area contributed by atoms with Crippen LogP contribution in [0.1, 0.15) is 29.8 Å². The summed E-state index contributed by atoms with van der Waals surface area (Å²) in [6, 6.07) is 6.47. The van der Waals surface area contributed by atoms with Gasteiger partial charge in [-0.3, -0.25) is 0 Å². The molecule has 0 aliphatic rings. The lowest BCUT2D eigenvalue weighted by molar-refractivity contribution is 0.0696. The van der Waals surface area contributed by atoms with Crippen LogP contribution in [-0.4, -0.2) is 31.3 Å². The summed E-state index contributed by atoms with van der Waals surface area (Å²) in [5.41, 5.74) is 1.00. The zero-order valence-corrected chi connectivity index (χ0v) is 11.2. The van der Waals surface area contributed by atoms with Gasteiger partial charge in [0.1, 0.15) is 0 Å². The smallest absolute Gasteiger partial charge is 0.335 e. The van der Waals surface area contributed by atoms with Gasteiger partial charge in [-0.15, -0.1) is 0 Å². The third-order valence-electron chi connectivity index (χ3n) is 2.51. The second-order valence-electron chi connectivity index (χ2n) is 4.24. The Morgan fingerprint density at radius 3 is 2.61 bits per heavy atom. The van der Waals surface area contributed by atoms with Gasteiger partial charge in [0.15, 0.2) is 0 Å². The van der Waals surface area contributed by atoms with Gasteiger partial charge in [-0.25, -0.2) is 17.9 Å². The largest absolute Gasteiger partial charge is 0.478 e. The Morgan fingerprint density at radius 2 is 2.06 bits per heavy atom. The molecule has 1 aromatic carbocycles. The van der Waals surface area contributed by atoms with Crippen molar-refractivity contribution in [1.29, 1.82) is 0 Å². The summed E-state index contributed by atoms with van der Waals surface area (Å²) in [6.07, 6.45) is 0.465. The van der Waals surface area contributed by atoms with Gasteiger partial charge < -0.3 is 5.11 Å². The van der Waals surface area contributed by atoms with E-state index in [0.29, 0.717) is 6.42 Å². The first-order chi connectivity index (χ1) is 8.33. The molecule has 0 atom stereocenters. The van der Waals surface area contributed by atoms with Crippen molar-refractivity contribution < 1.29 is 18.3 Å². The summed E-state index contributed by atoms with van der Waals surface area (Å²) in [5.74, 6) is -0.986. The van der Waals surface area contributed by atoms with Gasteiger partial charge in [-0.05, 0) is 38.0 Å². The molecule has 1 rings (SSSR count). The van der Waals surface area contributed by atoms with Gasteiger partial charge >= 0.3 is 5.97 Å². The molecule has 0 saturated heterocycles. The van der Waals surface area contributed by atoms with Crippen molar-refractivity contribution in [3.63, 3.8) is 0 Å². The quantitative estimate of drug-likeness (QED) is 0.815. The molecule has 18 heavy (non-hydrogen) atoms. The Kier molecular flexibility index (Phi) is 4.86. The van der Waals surface area contributed by atoms with E-state index >= 15 is 0 Å². The molecular formula is C12H17NO4S. The molecule has 0 unspecified atom stereocenters. The Labute approximate surface area is 107 Å². The first kappa shape index (κ1) is 14.7. The van der Waals surface area contributed by atoms with E-state index in [1.165, 1.54) is 6.07 Å². The summed E-state index contributed by atoms with van der Waals surface area (Å²) < 4.78 is 25.5. The zero-order chi connectivity index (χ0) is 13.8. The molecule has 0 radical (unpaired) electrons. The van der Waals surface area contributed by atoms with E-state index in [1.807, 2.05) is 0 Å². The van der Waals surface area contributed by atoms with Crippen molar-refractivity contribution in [3.05, 3.63) is 35.4 Å². The maximum atomic E-state index is 11.5. The summed E-state index contributed by atoms with van der Waals surface area (Å²) in [4.78, 5) is 10.8. The SMILES string of the molecule is CC(C)S(=O)(=O)NCCc1cccc(C(=O)O)c1. The highest BCUT2D eigenvalue weighted by molar-refractivity contribution is 7.90. The van der Waals surface area contributed by atoms with Gasteiger partial charge in [-0.2, -0.15) is 0 Å². The van der Waals surface area contributed by atoms with Gasteiger partial charge in [0, 0.05) is 6.54 Å². The molecule has 5 nitrogen and oxygen atoms in total. The minimum absolute atomic E-state index is 0.208. The first-order valence-electron chi connectivity index (χ1n) is 5.63. The highest BCUT2D eigenvalue weighted by Crippen LogP contribution is 2.06. The van der Waals surface area contributed by atoms with Crippen molar-refractivity contribution >= 4 is 16.0 Å². The minimum atomic E-state index is -3.26. The fourth-order valence-corrected chi connectivity index (χ4v) is 2.08. The van der Waals surface area contributed by atoms with Gasteiger partial charge in [0.25, 0.3) is 0 Å². The van der Waals surface area contributed by atoms with Crippen LogP contribution in [0.3, 0.4) is 0 Å². The summed E-state index contributed by atoms with van der Waals surface area (Å²) >= 11 is 0. The molecule has 2 N–H and O–H groups in total. The van der Waals surface area contributed by atoms with Crippen molar-refractivity contribution in [2.75, 3.05) is 6.54 Å². The van der Waals surface area contributed by atoms with Crippen LogP contribution in [0.15, 0.2) is 24.3 Å². The number of hydrogen-bond donors (Lipinski definition) is 2. The monoisotopic (exact) mass is 271 g/mol. The van der Waals surface area contributed by atoms with Gasteiger partial charge in [0.2, 0.25) is 10.0 Å². The Morgan fingerprint density at radius 1 is 1.39 bits per heavy atom. The second kappa shape index (κ2) is 5.97. The number of aromatic carboxylic acids is 1. The molecule has 0 amide bonds. The summed E-state index contributed by atoms with van der Waals surface area (Å²) in [5, 5.41) is 8.36. The molecule has 1 aromatic rings. The first-order valence-corrected chi connectivity index (χ1v) is 7.18. The van der Waals surface area contributed by atoms with Crippen LogP contribution in [0.25, 0.3) is 0 Å². The molecule has 6 heteroatoms. The molecule has 100 valence electrons. The van der Waals surface area contributed by atoms with Crippen molar-refractivity contribution in [1.82, 2.24) is 4.72 Å². The molecule has 0 aliphatic carbocycles. The molecule has 0 aliphatic heterocycles. The van der Waals surface area contributed by atoms with Crippen LogP contribution in [-0.2, 0) is 16.4 Å². The summed E-state index contributed by atoms with van der Waals surface area (Å²) in [7, 11) is -3.26. The van der Waals surface area contributed by atoms with Crippen LogP contribution in [0.2, 0.25) is 0 Å². The van der Waals surface area contributed by atoms with Gasteiger partial charge in [-0.1, -0.05) is 12.1 Å². The minimum Gasteiger partial charge on any atom is -0.478 e. The fraction of sp³-hybridized carbons (Fsp3) is 0.417. The van der Waals surface area contributed by atoms with Crippen LogP contribution in [0.4, 0.5) is 0 Å². The summed E-state index contributed by atoms with van der Waals surface area (Å²) in [6.45, 7) is 3.48. The normalized spacial score (nSPS) is 11.7. The number of carboxylic acids is 1. The van der Waals surface area contributed by atoms with E-state index < -0.39 is 21.2 Å². The number of benzene rings is 1. The standard InChI is InChI=1S/C12H17NO4S/c1-9(2)18(16,17)13-7-6-10-4-3-5-11(8-10)12(14)15/h3-5,8-9,13H,6-7H2,1-2H3,(H,14,15). The van der Waals surface area contributed by atoms with Crippen LogP contribution < -0.4 is 4.72 Å². The maximum Gasteiger partial charge on any atom is 0.335 e. The van der Waals surface area contributed by atoms with Crippen LogP contribution in [0, 0.1) is 0 Å². The highest BCUT2D eigenvalue weighted by Gasteiger charge is 2.14. The molecule has 0 aromatic heterocycles. The van der Waals surface area contributed by atoms with Crippen LogP contribution in [0.5, 0.6) is 0 Å². The van der Waals surface area contributed by atoms with E-state index in [2.05, 4.69) is 4.72 Å². The lowest BCUT2D eigenvalue weighted by atomic mass is 10.1. The highest BCUT2D eigenvalue weighted by atomic mass is 32.2. The Bertz CT molecular complexity index is 523. The lowest BCUT2D eigenvalue weighted by Crippen LogP contribution is -2.32. The van der Waals surface area contributed by atoms with Crippen molar-refractivity contribution in [3.8, 4) is 0 Å². The van der Waals surface area contributed by atoms with E-state index in [9.17, 15) is 13.2 Å². The zero-order valence-electron chi connectivity index (χ0n) is 10.4. The Balaban J connectivity index is 2.60.